The van der Waals surface area contributed by atoms with E-state index in [0.29, 0.717) is 29.3 Å². The fourth-order valence-corrected chi connectivity index (χ4v) is 3.81. The van der Waals surface area contributed by atoms with Gasteiger partial charge in [-0.1, -0.05) is 11.6 Å². The number of carbonyl (C=O) groups excluding carboxylic acids is 2. The van der Waals surface area contributed by atoms with Crippen LogP contribution in [0.25, 0.3) is 0 Å². The van der Waals surface area contributed by atoms with Crippen LogP contribution < -0.4 is 19.7 Å². The van der Waals surface area contributed by atoms with Crippen molar-refractivity contribution in [1.82, 2.24) is 0 Å². The topological polar surface area (TPSA) is 69.1 Å². The number of ketones is 1. The van der Waals surface area contributed by atoms with Crippen LogP contribution in [-0.4, -0.2) is 32.1 Å². The average molecular weight is 382 g/mol. The molecule has 2 aromatic rings. The molecule has 132 valence electrons. The van der Waals surface area contributed by atoms with Crippen LogP contribution in [0.1, 0.15) is 22.2 Å². The van der Waals surface area contributed by atoms with E-state index >= 15 is 0 Å². The van der Waals surface area contributed by atoms with E-state index in [1.54, 1.807) is 12.1 Å². The third-order valence-electron chi connectivity index (χ3n) is 3.73. The van der Waals surface area contributed by atoms with Gasteiger partial charge in [0.1, 0.15) is 6.54 Å². The third kappa shape index (κ3) is 4.31. The molecule has 0 bridgehead atoms. The number of hydrogen-bond donors (Lipinski definition) is 2. The van der Waals surface area contributed by atoms with Gasteiger partial charge in [0.25, 0.3) is 5.91 Å². The van der Waals surface area contributed by atoms with Crippen molar-refractivity contribution >= 4 is 40.3 Å². The first-order chi connectivity index (χ1) is 11.9. The summed E-state index contributed by atoms with van der Waals surface area (Å²) < 4.78 is 11.3. The molecule has 0 spiro atoms. The number of likely N-dealkylation sites (N-methyl/N-ethyl adjacent to an activating group) is 1. The van der Waals surface area contributed by atoms with Crippen LogP contribution in [0.2, 0.25) is 4.34 Å². The van der Waals surface area contributed by atoms with E-state index in [1.165, 1.54) is 18.3 Å². The highest BCUT2D eigenvalue weighted by molar-refractivity contribution is 7.16. The number of anilines is 1. The number of ether oxygens (including phenoxy) is 2. The Hall–Kier alpha value is -2.09. The average Bonchev–Trinajstić information content (AvgIpc) is 3.14. The normalized spacial score (nSPS) is 13.6. The molecule has 0 fully saturated rings. The minimum absolute atomic E-state index is 0.111. The summed E-state index contributed by atoms with van der Waals surface area (Å²) in [6, 6.07) is 7.04. The molecule has 8 heteroatoms. The number of rotatable bonds is 6. The van der Waals surface area contributed by atoms with Crippen LogP contribution in [0.3, 0.4) is 0 Å². The SMILES string of the molecule is CC(=O)c1cc2c(cc1NC(=O)C[NH+](C)Cc1ccc(Cl)s1)OCO2. The lowest BCUT2D eigenvalue weighted by atomic mass is 10.1. The Morgan fingerprint density at radius 3 is 2.64 bits per heavy atom. The van der Waals surface area contributed by atoms with Crippen LogP contribution in [0, 0.1) is 0 Å². The van der Waals surface area contributed by atoms with E-state index < -0.39 is 0 Å². The van der Waals surface area contributed by atoms with Crippen molar-refractivity contribution in [3.63, 3.8) is 0 Å². The van der Waals surface area contributed by atoms with Gasteiger partial charge in [-0.15, -0.1) is 11.3 Å². The Morgan fingerprint density at radius 1 is 1.28 bits per heavy atom. The summed E-state index contributed by atoms with van der Waals surface area (Å²) in [4.78, 5) is 26.3. The monoisotopic (exact) mass is 381 g/mol. The van der Waals surface area contributed by atoms with Crippen LogP contribution in [0.5, 0.6) is 11.5 Å². The van der Waals surface area contributed by atoms with Crippen molar-refractivity contribution in [3.05, 3.63) is 39.0 Å². The fraction of sp³-hybridized carbons (Fsp3) is 0.294. The second-order valence-corrected chi connectivity index (χ2v) is 7.67. The summed E-state index contributed by atoms with van der Waals surface area (Å²) in [5.41, 5.74) is 0.842. The zero-order valence-corrected chi connectivity index (χ0v) is 15.4. The molecule has 0 saturated heterocycles. The predicted molar refractivity (Wildman–Crippen MR) is 96.0 cm³/mol. The van der Waals surface area contributed by atoms with Crippen molar-refractivity contribution in [2.24, 2.45) is 0 Å². The number of amides is 1. The maximum atomic E-state index is 12.4. The quantitative estimate of drug-likeness (QED) is 0.751. The number of nitrogens with one attached hydrogen (secondary N) is 2. The number of hydrogen-bond acceptors (Lipinski definition) is 5. The first-order valence-electron chi connectivity index (χ1n) is 7.72. The molecule has 2 heterocycles. The second-order valence-electron chi connectivity index (χ2n) is 5.87. The zero-order valence-electron chi connectivity index (χ0n) is 13.8. The summed E-state index contributed by atoms with van der Waals surface area (Å²) in [7, 11) is 1.93. The maximum Gasteiger partial charge on any atom is 0.279 e. The van der Waals surface area contributed by atoms with E-state index in [0.717, 1.165) is 14.1 Å². The second kappa shape index (κ2) is 7.43. The smallest absolute Gasteiger partial charge is 0.279 e. The highest BCUT2D eigenvalue weighted by Gasteiger charge is 2.21. The molecule has 1 amide bonds. The summed E-state index contributed by atoms with van der Waals surface area (Å²) >= 11 is 7.43. The van der Waals surface area contributed by atoms with Gasteiger partial charge in [0.15, 0.2) is 23.8 Å². The molecule has 1 aromatic carbocycles. The Labute approximate surface area is 154 Å². The molecule has 0 radical (unpaired) electrons. The Kier molecular flexibility index (Phi) is 5.27. The van der Waals surface area contributed by atoms with Crippen molar-refractivity contribution in [2.45, 2.75) is 13.5 Å². The molecule has 1 unspecified atom stereocenters. The van der Waals surface area contributed by atoms with Crippen LogP contribution >= 0.6 is 22.9 Å². The molecule has 1 aliphatic rings. The number of quaternary nitrogens is 1. The van der Waals surface area contributed by atoms with Gasteiger partial charge >= 0.3 is 0 Å². The van der Waals surface area contributed by atoms with Crippen molar-refractivity contribution in [3.8, 4) is 11.5 Å². The molecule has 25 heavy (non-hydrogen) atoms. The number of carbonyl (C=O) groups is 2. The van der Waals surface area contributed by atoms with Crippen molar-refractivity contribution < 1.29 is 24.0 Å². The Bertz CT molecular complexity index is 821. The predicted octanol–water partition coefficient (Wildman–Crippen LogP) is 1.99. The number of benzene rings is 1. The van der Waals surface area contributed by atoms with Gasteiger partial charge in [0.2, 0.25) is 6.79 Å². The Balaban J connectivity index is 1.67. The summed E-state index contributed by atoms with van der Waals surface area (Å²) in [6.45, 7) is 2.53. The molecule has 3 rings (SSSR count). The van der Waals surface area contributed by atoms with E-state index in [4.69, 9.17) is 21.1 Å². The molecule has 1 atom stereocenters. The maximum absolute atomic E-state index is 12.4. The summed E-state index contributed by atoms with van der Waals surface area (Å²) in [5.74, 6) is 0.707. The van der Waals surface area contributed by atoms with Crippen LogP contribution in [0.4, 0.5) is 5.69 Å². The summed E-state index contributed by atoms with van der Waals surface area (Å²) in [5, 5.41) is 2.80. The molecule has 2 N–H and O–H groups in total. The standard InChI is InChI=1S/C17H17ClN2O4S/c1-10(21)12-5-14-15(24-9-23-14)6-13(12)19-17(22)8-20(2)7-11-3-4-16(18)25-11/h3-6H,7-9H2,1-2H3,(H,19,22)/p+1. The zero-order chi connectivity index (χ0) is 18.0. The molecular formula is C17H18ClN2O4S+. The van der Waals surface area contributed by atoms with Crippen LogP contribution in [0.15, 0.2) is 24.3 Å². The number of halogens is 1. The minimum atomic E-state index is -0.179. The van der Waals surface area contributed by atoms with E-state index in [2.05, 4.69) is 5.32 Å². The lowest BCUT2D eigenvalue weighted by Crippen LogP contribution is -3.08. The first kappa shape index (κ1) is 17.7. The number of Topliss-reactive ketones (excluding diaryl/α,β-unsaturated/α-hetero) is 1. The van der Waals surface area contributed by atoms with E-state index in [9.17, 15) is 9.59 Å². The first-order valence-corrected chi connectivity index (χ1v) is 8.92. The van der Waals surface area contributed by atoms with Crippen LogP contribution in [-0.2, 0) is 11.3 Å². The number of fused-ring (bicyclic) bond motifs is 1. The molecule has 1 aromatic heterocycles. The third-order valence-corrected chi connectivity index (χ3v) is 4.96. The minimum Gasteiger partial charge on any atom is -0.454 e. The molecule has 0 saturated carbocycles. The molecular weight excluding hydrogens is 364 g/mol. The molecule has 6 nitrogen and oxygen atoms in total. The van der Waals surface area contributed by atoms with Crippen molar-refractivity contribution in [2.75, 3.05) is 25.7 Å². The molecule has 0 aliphatic carbocycles. The van der Waals surface area contributed by atoms with Gasteiger partial charge in [0.05, 0.1) is 21.9 Å². The van der Waals surface area contributed by atoms with Gasteiger partial charge in [-0.25, -0.2) is 0 Å². The van der Waals surface area contributed by atoms with Gasteiger partial charge in [-0.05, 0) is 25.1 Å². The van der Waals surface area contributed by atoms with Crippen molar-refractivity contribution in [1.29, 1.82) is 0 Å². The van der Waals surface area contributed by atoms with Gasteiger partial charge < -0.3 is 19.7 Å². The Morgan fingerprint density at radius 2 is 2.00 bits per heavy atom. The largest absolute Gasteiger partial charge is 0.454 e. The fourth-order valence-electron chi connectivity index (χ4n) is 2.61. The highest BCUT2D eigenvalue weighted by Crippen LogP contribution is 2.37. The van der Waals surface area contributed by atoms with Gasteiger partial charge in [-0.3, -0.25) is 9.59 Å². The summed E-state index contributed by atoms with van der Waals surface area (Å²) in [6.07, 6.45) is 0. The van der Waals surface area contributed by atoms with E-state index in [-0.39, 0.29) is 25.0 Å². The van der Waals surface area contributed by atoms with E-state index in [1.807, 2.05) is 19.2 Å². The lowest BCUT2D eigenvalue weighted by molar-refractivity contribution is -0.884. The number of thiophene rings is 1. The highest BCUT2D eigenvalue weighted by atomic mass is 35.5. The van der Waals surface area contributed by atoms with Gasteiger partial charge in [-0.2, -0.15) is 0 Å². The van der Waals surface area contributed by atoms with Gasteiger partial charge in [0, 0.05) is 11.6 Å². The lowest BCUT2D eigenvalue weighted by Gasteiger charge is -2.14. The molecule has 1 aliphatic heterocycles.